The van der Waals surface area contributed by atoms with Gasteiger partial charge in [0.15, 0.2) is 6.29 Å². The molecule has 1 aliphatic heterocycles. The van der Waals surface area contributed by atoms with Crippen molar-refractivity contribution in [1.82, 2.24) is 0 Å². The molecule has 0 aromatic heterocycles. The van der Waals surface area contributed by atoms with E-state index >= 15 is 0 Å². The zero-order valence-electron chi connectivity index (χ0n) is 18.3. The van der Waals surface area contributed by atoms with E-state index in [1.165, 1.54) is 0 Å². The van der Waals surface area contributed by atoms with Crippen LogP contribution < -0.4 is 0 Å². The molecule has 0 unspecified atom stereocenters. The molecule has 3 aromatic carbocycles. The molecule has 33 heavy (non-hydrogen) atoms. The van der Waals surface area contributed by atoms with Gasteiger partial charge in [-0.2, -0.15) is 0 Å². The van der Waals surface area contributed by atoms with E-state index in [1.807, 2.05) is 91.0 Å². The second-order valence-corrected chi connectivity index (χ2v) is 8.54. The van der Waals surface area contributed by atoms with Gasteiger partial charge in [-0.05, 0) is 16.7 Å². The maximum Gasteiger partial charge on any atom is 0.174 e. The lowest BCUT2D eigenvalue weighted by Crippen LogP contribution is -2.43. The number of hydrogen-bond donors (Lipinski definition) is 1. The molecule has 1 N–H and O–H groups in total. The number of hydrogen-bond acceptors (Lipinski definition) is 5. The Kier molecular flexibility index (Phi) is 8.89. The molecule has 1 aliphatic rings. The lowest BCUT2D eigenvalue weighted by atomic mass is 10.1. The molecule has 4 rings (SSSR count). The molecule has 0 amide bonds. The van der Waals surface area contributed by atoms with Gasteiger partial charge in [0, 0.05) is 0 Å². The van der Waals surface area contributed by atoms with Gasteiger partial charge in [0.05, 0.1) is 26.4 Å². The van der Waals surface area contributed by atoms with Crippen LogP contribution in [0.3, 0.4) is 0 Å². The summed E-state index contributed by atoms with van der Waals surface area (Å²) in [5, 5.41) is 9.63. The van der Waals surface area contributed by atoms with E-state index < -0.39 is 30.0 Å². The second-order valence-electron chi connectivity index (χ2n) is 8.03. The van der Waals surface area contributed by atoms with Gasteiger partial charge in [-0.25, -0.2) is 0 Å². The molecule has 174 valence electrons. The average Bonchev–Trinajstić information content (AvgIpc) is 3.15. The highest BCUT2D eigenvalue weighted by molar-refractivity contribution is 6.21. The number of ether oxygens (including phenoxy) is 4. The predicted octanol–water partition coefficient (Wildman–Crippen LogP) is 4.70. The van der Waals surface area contributed by atoms with Gasteiger partial charge in [-0.15, -0.1) is 11.6 Å². The number of benzene rings is 3. The molecular formula is C27H29ClO5. The Morgan fingerprint density at radius 3 is 1.85 bits per heavy atom. The Bertz CT molecular complexity index is 941. The number of rotatable bonds is 11. The van der Waals surface area contributed by atoms with E-state index in [0.717, 1.165) is 16.7 Å². The molecule has 6 heteroatoms. The maximum absolute atomic E-state index is 10.3. The number of alkyl halides is 1. The maximum atomic E-state index is 10.3. The van der Waals surface area contributed by atoms with Gasteiger partial charge in [0.1, 0.15) is 23.7 Å². The predicted molar refractivity (Wildman–Crippen MR) is 127 cm³/mol. The van der Waals surface area contributed by atoms with Crippen LogP contribution in [0.2, 0.25) is 0 Å². The normalized spacial score (nSPS) is 23.5. The zero-order chi connectivity index (χ0) is 22.9. The van der Waals surface area contributed by atoms with E-state index in [4.69, 9.17) is 30.5 Å². The fourth-order valence-electron chi connectivity index (χ4n) is 3.79. The molecule has 5 nitrogen and oxygen atoms in total. The van der Waals surface area contributed by atoms with E-state index in [1.54, 1.807) is 0 Å². The molecule has 0 aliphatic carbocycles. The summed E-state index contributed by atoms with van der Waals surface area (Å²) in [7, 11) is 0. The van der Waals surface area contributed by atoms with Crippen LogP contribution in [-0.2, 0) is 38.8 Å². The van der Waals surface area contributed by atoms with E-state index in [0.29, 0.717) is 19.8 Å². The van der Waals surface area contributed by atoms with Gasteiger partial charge in [0.2, 0.25) is 0 Å². The first kappa shape index (κ1) is 23.9. The summed E-state index contributed by atoms with van der Waals surface area (Å²) in [6.45, 7) is 1.46. The van der Waals surface area contributed by atoms with Gasteiger partial charge < -0.3 is 24.1 Å². The van der Waals surface area contributed by atoms with Gasteiger partial charge in [0.25, 0.3) is 0 Å². The quantitative estimate of drug-likeness (QED) is 0.413. The minimum Gasteiger partial charge on any atom is -0.374 e. The highest BCUT2D eigenvalue weighted by Gasteiger charge is 2.48. The van der Waals surface area contributed by atoms with Crippen molar-refractivity contribution < 1.29 is 24.1 Å². The molecule has 0 radical (unpaired) electrons. The first-order valence-electron chi connectivity index (χ1n) is 11.1. The summed E-state index contributed by atoms with van der Waals surface area (Å²) in [4.78, 5) is 0. The minimum absolute atomic E-state index is 0.272. The van der Waals surface area contributed by atoms with Crippen LogP contribution in [0.25, 0.3) is 0 Å². The molecule has 1 heterocycles. The lowest BCUT2D eigenvalue weighted by Gasteiger charge is -2.28. The fourth-order valence-corrected chi connectivity index (χ4v) is 4.07. The minimum atomic E-state index is -1.14. The third-order valence-electron chi connectivity index (χ3n) is 5.56. The summed E-state index contributed by atoms with van der Waals surface area (Å²) in [6.07, 6.45) is -2.75. The summed E-state index contributed by atoms with van der Waals surface area (Å²) in [5.74, 6) is 0. The molecule has 0 saturated carbocycles. The first-order valence-corrected chi connectivity index (χ1v) is 11.5. The number of aliphatic hydroxyl groups is 1. The molecule has 0 spiro atoms. The topological polar surface area (TPSA) is 57.2 Å². The van der Waals surface area contributed by atoms with Crippen LogP contribution in [0.4, 0.5) is 0 Å². The number of halogens is 1. The Morgan fingerprint density at radius 1 is 0.758 bits per heavy atom. The Balaban J connectivity index is 1.44. The van der Waals surface area contributed by atoms with Crippen LogP contribution in [0, 0.1) is 0 Å². The smallest absolute Gasteiger partial charge is 0.174 e. The van der Waals surface area contributed by atoms with Gasteiger partial charge >= 0.3 is 0 Å². The van der Waals surface area contributed by atoms with Crippen LogP contribution in [0.15, 0.2) is 91.0 Å². The van der Waals surface area contributed by atoms with Crippen LogP contribution in [0.1, 0.15) is 16.7 Å². The molecular weight excluding hydrogens is 440 g/mol. The highest BCUT2D eigenvalue weighted by Crippen LogP contribution is 2.31. The Labute approximate surface area is 199 Å². The Morgan fingerprint density at radius 2 is 1.27 bits per heavy atom. The van der Waals surface area contributed by atoms with Crippen molar-refractivity contribution in [2.75, 3.05) is 6.61 Å². The van der Waals surface area contributed by atoms with E-state index in [2.05, 4.69) is 0 Å². The van der Waals surface area contributed by atoms with E-state index in [9.17, 15) is 5.11 Å². The molecule has 1 saturated heterocycles. The van der Waals surface area contributed by atoms with Crippen molar-refractivity contribution >= 4 is 11.6 Å². The first-order chi connectivity index (χ1) is 16.2. The Hall–Kier alpha value is -2.25. The summed E-state index contributed by atoms with van der Waals surface area (Å²) < 4.78 is 24.2. The van der Waals surface area contributed by atoms with Crippen molar-refractivity contribution in [3.63, 3.8) is 0 Å². The third-order valence-corrected chi connectivity index (χ3v) is 6.02. The standard InChI is InChI=1S/C27H29ClO5/c28-24-26(32-18-22-14-8-3-9-15-22)25(33-27(24)29)23(31-17-21-12-6-2-7-13-21)19-30-16-20-10-4-1-5-11-20/h1-15,23-27,29H,16-19H2/t23-,24-,25-,26-,27-/m1/s1. The third kappa shape index (κ3) is 6.87. The number of aliphatic hydroxyl groups excluding tert-OH is 1. The SMILES string of the molecule is O[C@@H]1O[C@H]([C@@H](COCc2ccccc2)OCc2ccccc2)[C@H](OCc2ccccc2)[C@H]1Cl. The second kappa shape index (κ2) is 12.3. The molecule has 5 atom stereocenters. The highest BCUT2D eigenvalue weighted by atomic mass is 35.5. The lowest BCUT2D eigenvalue weighted by molar-refractivity contribution is -0.166. The van der Waals surface area contributed by atoms with Crippen LogP contribution in [0.5, 0.6) is 0 Å². The van der Waals surface area contributed by atoms with Gasteiger partial charge in [-0.3, -0.25) is 0 Å². The van der Waals surface area contributed by atoms with Crippen LogP contribution >= 0.6 is 11.6 Å². The zero-order valence-corrected chi connectivity index (χ0v) is 19.1. The molecule has 3 aromatic rings. The van der Waals surface area contributed by atoms with Gasteiger partial charge in [-0.1, -0.05) is 91.0 Å². The molecule has 0 bridgehead atoms. The van der Waals surface area contributed by atoms with Crippen molar-refractivity contribution in [3.8, 4) is 0 Å². The van der Waals surface area contributed by atoms with Crippen molar-refractivity contribution in [2.45, 2.75) is 49.8 Å². The molecule has 1 fully saturated rings. The van der Waals surface area contributed by atoms with Crippen molar-refractivity contribution in [1.29, 1.82) is 0 Å². The van der Waals surface area contributed by atoms with Crippen molar-refractivity contribution in [3.05, 3.63) is 108 Å². The summed E-state index contributed by atoms with van der Waals surface area (Å²) >= 11 is 6.48. The monoisotopic (exact) mass is 468 g/mol. The fraction of sp³-hybridized carbons (Fsp3) is 0.333. The van der Waals surface area contributed by atoms with E-state index in [-0.39, 0.29) is 6.61 Å². The van der Waals surface area contributed by atoms with Crippen LogP contribution in [-0.4, -0.2) is 41.7 Å². The summed E-state index contributed by atoms with van der Waals surface area (Å²) in [5.41, 5.74) is 3.12. The largest absolute Gasteiger partial charge is 0.374 e. The average molecular weight is 469 g/mol. The van der Waals surface area contributed by atoms with Crippen molar-refractivity contribution in [2.24, 2.45) is 0 Å². The summed E-state index contributed by atoms with van der Waals surface area (Å²) in [6, 6.07) is 29.7.